The van der Waals surface area contributed by atoms with Crippen molar-refractivity contribution < 1.29 is 4.92 Å². The van der Waals surface area contributed by atoms with Crippen molar-refractivity contribution in [2.24, 2.45) is 0 Å². The molecule has 0 bridgehead atoms. The Morgan fingerprint density at radius 2 is 2.14 bits per heavy atom. The molecule has 112 valence electrons. The minimum atomic E-state index is -0.399. The molecule has 0 spiro atoms. The molecular formula is C14H19N5O2. The van der Waals surface area contributed by atoms with Crippen molar-refractivity contribution in [3.8, 4) is 0 Å². The Morgan fingerprint density at radius 3 is 2.81 bits per heavy atom. The zero-order valence-electron chi connectivity index (χ0n) is 12.4. The SMILES string of the molecule is CC(C)(C)NCc1cn(Cc2cccc([N+](=O)[O-])c2)nn1. The van der Waals surface area contributed by atoms with Gasteiger partial charge in [0.25, 0.3) is 5.69 Å². The van der Waals surface area contributed by atoms with E-state index in [1.165, 1.54) is 6.07 Å². The molecule has 0 amide bonds. The summed E-state index contributed by atoms with van der Waals surface area (Å²) in [5.74, 6) is 0. The van der Waals surface area contributed by atoms with Gasteiger partial charge in [-0.05, 0) is 26.3 Å². The predicted octanol–water partition coefficient (Wildman–Crippen LogP) is 2.12. The Morgan fingerprint density at radius 1 is 1.38 bits per heavy atom. The maximum Gasteiger partial charge on any atom is 0.269 e. The molecule has 0 unspecified atom stereocenters. The maximum absolute atomic E-state index is 10.8. The van der Waals surface area contributed by atoms with Crippen molar-refractivity contribution >= 4 is 5.69 Å². The first-order valence-electron chi connectivity index (χ1n) is 6.71. The van der Waals surface area contributed by atoms with E-state index in [4.69, 9.17) is 0 Å². The Kier molecular flexibility index (Phi) is 4.32. The molecule has 0 saturated heterocycles. The standard InChI is InChI=1S/C14H19N5O2/c1-14(2,3)15-8-12-10-18(17-16-12)9-11-5-4-6-13(7-11)19(20)21/h4-7,10,15H,8-9H2,1-3H3. The number of non-ortho nitro benzene ring substituents is 1. The van der Waals surface area contributed by atoms with E-state index in [1.807, 2.05) is 12.3 Å². The lowest BCUT2D eigenvalue weighted by molar-refractivity contribution is -0.384. The molecule has 1 aromatic carbocycles. The fourth-order valence-corrected chi connectivity index (χ4v) is 1.81. The highest BCUT2D eigenvalue weighted by Gasteiger charge is 2.11. The molecule has 1 aromatic heterocycles. The summed E-state index contributed by atoms with van der Waals surface area (Å²) in [6, 6.07) is 6.53. The van der Waals surface area contributed by atoms with Gasteiger partial charge >= 0.3 is 0 Å². The van der Waals surface area contributed by atoms with E-state index < -0.39 is 4.92 Å². The molecule has 0 aliphatic rings. The first-order valence-corrected chi connectivity index (χ1v) is 6.71. The Hall–Kier alpha value is -2.28. The van der Waals surface area contributed by atoms with Crippen LogP contribution in [-0.4, -0.2) is 25.5 Å². The lowest BCUT2D eigenvalue weighted by Gasteiger charge is -2.19. The van der Waals surface area contributed by atoms with Crippen LogP contribution < -0.4 is 5.32 Å². The van der Waals surface area contributed by atoms with Crippen molar-refractivity contribution in [2.45, 2.75) is 39.4 Å². The van der Waals surface area contributed by atoms with Gasteiger partial charge in [0.2, 0.25) is 0 Å². The number of nitrogens with one attached hydrogen (secondary N) is 1. The van der Waals surface area contributed by atoms with Gasteiger partial charge in [-0.15, -0.1) is 5.10 Å². The zero-order chi connectivity index (χ0) is 15.5. The van der Waals surface area contributed by atoms with E-state index >= 15 is 0 Å². The summed E-state index contributed by atoms with van der Waals surface area (Å²) in [4.78, 5) is 10.4. The number of nitrogens with zero attached hydrogens (tertiary/aromatic N) is 4. The second-order valence-electron chi connectivity index (χ2n) is 5.94. The number of benzene rings is 1. The minimum Gasteiger partial charge on any atom is -0.306 e. The average molecular weight is 289 g/mol. The molecule has 0 atom stereocenters. The number of hydrogen-bond donors (Lipinski definition) is 1. The quantitative estimate of drug-likeness (QED) is 0.673. The molecule has 0 aliphatic heterocycles. The summed E-state index contributed by atoms with van der Waals surface area (Å²) in [7, 11) is 0. The number of nitro benzene ring substituents is 1. The molecule has 0 aliphatic carbocycles. The second kappa shape index (κ2) is 6.01. The maximum atomic E-state index is 10.8. The summed E-state index contributed by atoms with van der Waals surface area (Å²) in [6.07, 6.45) is 1.84. The van der Waals surface area contributed by atoms with Crippen LogP contribution in [-0.2, 0) is 13.1 Å². The van der Waals surface area contributed by atoms with Crippen molar-refractivity contribution in [1.29, 1.82) is 0 Å². The van der Waals surface area contributed by atoms with Crippen LogP contribution in [0.2, 0.25) is 0 Å². The number of nitro groups is 1. The lowest BCUT2D eigenvalue weighted by atomic mass is 10.1. The summed E-state index contributed by atoms with van der Waals surface area (Å²) in [5.41, 5.74) is 1.77. The van der Waals surface area contributed by atoms with Crippen LogP contribution in [0.1, 0.15) is 32.0 Å². The van der Waals surface area contributed by atoms with Crippen LogP contribution in [0.15, 0.2) is 30.5 Å². The third-order valence-electron chi connectivity index (χ3n) is 2.85. The van der Waals surface area contributed by atoms with Gasteiger partial charge in [-0.1, -0.05) is 17.3 Å². The van der Waals surface area contributed by atoms with E-state index in [-0.39, 0.29) is 11.2 Å². The molecule has 2 aromatic rings. The summed E-state index contributed by atoms with van der Waals surface area (Å²) < 4.78 is 1.68. The molecular weight excluding hydrogens is 270 g/mol. The van der Waals surface area contributed by atoms with E-state index in [1.54, 1.807) is 16.8 Å². The highest BCUT2D eigenvalue weighted by molar-refractivity contribution is 5.34. The van der Waals surface area contributed by atoms with Gasteiger partial charge in [0.15, 0.2) is 0 Å². The highest BCUT2D eigenvalue weighted by Crippen LogP contribution is 2.14. The molecule has 0 fully saturated rings. The van der Waals surface area contributed by atoms with Crippen LogP contribution in [0.5, 0.6) is 0 Å². The van der Waals surface area contributed by atoms with E-state index in [2.05, 4.69) is 36.4 Å². The predicted molar refractivity (Wildman–Crippen MR) is 78.8 cm³/mol. The molecule has 21 heavy (non-hydrogen) atoms. The summed E-state index contributed by atoms with van der Waals surface area (Å²) >= 11 is 0. The molecule has 7 heteroatoms. The molecule has 1 heterocycles. The largest absolute Gasteiger partial charge is 0.306 e. The first kappa shape index (κ1) is 15.1. The third kappa shape index (κ3) is 4.64. The number of rotatable bonds is 5. The molecule has 0 saturated carbocycles. The Bertz CT molecular complexity index is 630. The average Bonchev–Trinajstić information content (AvgIpc) is 2.83. The molecule has 1 N–H and O–H groups in total. The van der Waals surface area contributed by atoms with Gasteiger partial charge in [-0.25, -0.2) is 4.68 Å². The zero-order valence-corrected chi connectivity index (χ0v) is 12.4. The fourth-order valence-electron chi connectivity index (χ4n) is 1.81. The van der Waals surface area contributed by atoms with Crippen molar-refractivity contribution in [1.82, 2.24) is 20.3 Å². The van der Waals surface area contributed by atoms with E-state index in [0.29, 0.717) is 13.1 Å². The Balaban J connectivity index is 2.02. The molecule has 0 radical (unpaired) electrons. The van der Waals surface area contributed by atoms with E-state index in [0.717, 1.165) is 11.3 Å². The first-order chi connectivity index (χ1) is 9.83. The molecule has 2 rings (SSSR count). The van der Waals surface area contributed by atoms with Gasteiger partial charge in [-0.2, -0.15) is 0 Å². The Labute approximate surface area is 123 Å². The van der Waals surface area contributed by atoms with Crippen LogP contribution in [0.25, 0.3) is 0 Å². The van der Waals surface area contributed by atoms with Gasteiger partial charge in [-0.3, -0.25) is 10.1 Å². The topological polar surface area (TPSA) is 85.9 Å². The van der Waals surface area contributed by atoms with Crippen LogP contribution in [0.4, 0.5) is 5.69 Å². The molecule has 7 nitrogen and oxygen atoms in total. The van der Waals surface area contributed by atoms with Gasteiger partial charge in [0, 0.05) is 24.2 Å². The number of hydrogen-bond acceptors (Lipinski definition) is 5. The third-order valence-corrected chi connectivity index (χ3v) is 2.85. The van der Waals surface area contributed by atoms with Gasteiger partial charge < -0.3 is 5.32 Å². The van der Waals surface area contributed by atoms with Gasteiger partial charge in [0.05, 0.1) is 23.4 Å². The smallest absolute Gasteiger partial charge is 0.269 e. The normalized spacial score (nSPS) is 11.6. The minimum absolute atomic E-state index is 0.0177. The monoisotopic (exact) mass is 289 g/mol. The lowest BCUT2D eigenvalue weighted by Crippen LogP contribution is -2.35. The summed E-state index contributed by atoms with van der Waals surface area (Å²) in [5, 5.41) is 22.2. The highest BCUT2D eigenvalue weighted by atomic mass is 16.6. The fraction of sp³-hybridized carbons (Fsp3) is 0.429. The van der Waals surface area contributed by atoms with Crippen molar-refractivity contribution in [3.05, 3.63) is 51.8 Å². The van der Waals surface area contributed by atoms with Crippen LogP contribution in [0, 0.1) is 10.1 Å². The van der Waals surface area contributed by atoms with Crippen molar-refractivity contribution in [2.75, 3.05) is 0 Å². The van der Waals surface area contributed by atoms with Crippen LogP contribution >= 0.6 is 0 Å². The van der Waals surface area contributed by atoms with Gasteiger partial charge in [0.1, 0.15) is 0 Å². The van der Waals surface area contributed by atoms with Crippen LogP contribution in [0.3, 0.4) is 0 Å². The van der Waals surface area contributed by atoms with E-state index in [9.17, 15) is 10.1 Å². The second-order valence-corrected chi connectivity index (χ2v) is 5.94. The summed E-state index contributed by atoms with van der Waals surface area (Å²) in [6.45, 7) is 7.35. The number of aromatic nitrogens is 3. The van der Waals surface area contributed by atoms with Crippen molar-refractivity contribution in [3.63, 3.8) is 0 Å².